The van der Waals surface area contributed by atoms with Crippen molar-refractivity contribution in [3.8, 4) is 16.9 Å². The highest BCUT2D eigenvalue weighted by atomic mass is 35.5. The molecule has 1 aromatic carbocycles. The number of ether oxygens (including phenoxy) is 1. The quantitative estimate of drug-likeness (QED) is 0.343. The number of aromatic nitrogens is 5. The number of aliphatic hydroxyl groups excluding tert-OH is 1. The Morgan fingerprint density at radius 2 is 2.03 bits per heavy atom. The average Bonchev–Trinajstić information content (AvgIpc) is 3.17. The minimum atomic E-state index is -0.271. The molecule has 1 atom stereocenters. The Balaban J connectivity index is 1.93. The van der Waals surface area contributed by atoms with Crippen LogP contribution in [0.5, 0.6) is 5.75 Å². The number of rotatable bonds is 6. The van der Waals surface area contributed by atoms with Crippen molar-refractivity contribution >= 4 is 34.2 Å². The predicted molar refractivity (Wildman–Crippen MR) is 135 cm³/mol. The van der Waals surface area contributed by atoms with Crippen LogP contribution in [0.2, 0.25) is 5.02 Å². The van der Waals surface area contributed by atoms with Crippen molar-refractivity contribution in [3.63, 3.8) is 0 Å². The number of anilines is 1. The number of hydrogen-bond donors (Lipinski definition) is 2. The van der Waals surface area contributed by atoms with E-state index in [9.17, 15) is 5.11 Å². The van der Waals surface area contributed by atoms with E-state index in [1.54, 1.807) is 19.4 Å². The summed E-state index contributed by atoms with van der Waals surface area (Å²) in [5.74, 6) is 1.18. The third-order valence-corrected chi connectivity index (χ3v) is 6.32. The molecule has 0 aliphatic rings. The van der Waals surface area contributed by atoms with Gasteiger partial charge in [-0.3, -0.25) is 4.98 Å². The molecule has 34 heavy (non-hydrogen) atoms. The number of aryl methyl sites for hydroxylation is 1. The van der Waals surface area contributed by atoms with Gasteiger partial charge in [0.25, 0.3) is 0 Å². The number of pyridine rings is 1. The summed E-state index contributed by atoms with van der Waals surface area (Å²) < 4.78 is 7.75. The van der Waals surface area contributed by atoms with Crippen molar-refractivity contribution in [3.05, 3.63) is 64.3 Å². The van der Waals surface area contributed by atoms with E-state index in [1.807, 2.05) is 50.6 Å². The van der Waals surface area contributed by atoms with Crippen LogP contribution in [-0.4, -0.2) is 36.9 Å². The van der Waals surface area contributed by atoms with E-state index >= 15 is 0 Å². The average molecular weight is 479 g/mol. The molecular formula is C25H27ClN6O2. The number of hydrogen-bond acceptors (Lipinski definition) is 7. The van der Waals surface area contributed by atoms with Gasteiger partial charge in [0, 0.05) is 22.3 Å². The summed E-state index contributed by atoms with van der Waals surface area (Å²) in [7, 11) is 1.63. The molecule has 3 N–H and O–H groups in total. The van der Waals surface area contributed by atoms with E-state index in [0.717, 1.165) is 33.3 Å². The highest BCUT2D eigenvalue weighted by Crippen LogP contribution is 2.43. The van der Waals surface area contributed by atoms with E-state index in [1.165, 1.54) is 6.33 Å². The van der Waals surface area contributed by atoms with Crippen molar-refractivity contribution in [2.75, 3.05) is 12.8 Å². The number of fused-ring (bicyclic) bond motifs is 1. The van der Waals surface area contributed by atoms with Gasteiger partial charge in [-0.2, -0.15) is 5.10 Å². The van der Waals surface area contributed by atoms with Crippen molar-refractivity contribution in [1.82, 2.24) is 24.7 Å². The van der Waals surface area contributed by atoms with Crippen LogP contribution in [0.25, 0.3) is 27.9 Å². The normalized spacial score (nSPS) is 12.8. The minimum Gasteiger partial charge on any atom is -0.506 e. The van der Waals surface area contributed by atoms with Gasteiger partial charge in [-0.1, -0.05) is 18.5 Å². The van der Waals surface area contributed by atoms with E-state index in [-0.39, 0.29) is 11.8 Å². The largest absolute Gasteiger partial charge is 0.506 e. The van der Waals surface area contributed by atoms with Gasteiger partial charge in [0.2, 0.25) is 0 Å². The third kappa shape index (κ3) is 3.94. The maximum atomic E-state index is 10.4. The molecule has 3 aromatic heterocycles. The van der Waals surface area contributed by atoms with Crippen molar-refractivity contribution in [2.45, 2.75) is 40.2 Å². The molecule has 0 amide bonds. The SMILES string of the molecule is CC/C=C(/O)c1cc(-c2c(C)c(Cl)cc(C(C)n3nc(C)c4c(N)ncnc43)c2OC)ccn1. The van der Waals surface area contributed by atoms with E-state index in [0.29, 0.717) is 34.4 Å². The second kappa shape index (κ2) is 9.30. The number of nitrogen functional groups attached to an aromatic ring is 1. The van der Waals surface area contributed by atoms with Crippen LogP contribution in [0, 0.1) is 13.8 Å². The summed E-state index contributed by atoms with van der Waals surface area (Å²) in [4.78, 5) is 12.8. The molecule has 0 aliphatic heterocycles. The first-order valence-electron chi connectivity index (χ1n) is 11.0. The van der Waals surface area contributed by atoms with Crippen LogP contribution in [0.4, 0.5) is 5.82 Å². The lowest BCUT2D eigenvalue weighted by Gasteiger charge is -2.22. The second-order valence-electron chi connectivity index (χ2n) is 8.07. The number of methoxy groups -OCH3 is 1. The first-order chi connectivity index (χ1) is 16.3. The summed E-state index contributed by atoms with van der Waals surface area (Å²) in [6, 6.07) is 5.33. The van der Waals surface area contributed by atoms with Crippen LogP contribution in [0.1, 0.15) is 48.8 Å². The zero-order valence-electron chi connectivity index (χ0n) is 19.8. The Hall–Kier alpha value is -3.65. The van der Waals surface area contributed by atoms with Crippen LogP contribution < -0.4 is 10.5 Å². The zero-order valence-corrected chi connectivity index (χ0v) is 20.6. The monoisotopic (exact) mass is 478 g/mol. The number of aliphatic hydroxyl groups is 1. The Bertz CT molecular complexity index is 1410. The topological polar surface area (TPSA) is 112 Å². The number of nitrogens with zero attached hydrogens (tertiary/aromatic N) is 5. The van der Waals surface area contributed by atoms with E-state index in [2.05, 4.69) is 15.0 Å². The summed E-state index contributed by atoms with van der Waals surface area (Å²) in [5.41, 5.74) is 11.3. The van der Waals surface area contributed by atoms with Gasteiger partial charge in [-0.25, -0.2) is 14.6 Å². The van der Waals surface area contributed by atoms with Crippen LogP contribution in [0.15, 0.2) is 36.8 Å². The number of nitrogens with two attached hydrogens (primary N) is 1. The molecule has 0 aliphatic carbocycles. The highest BCUT2D eigenvalue weighted by Gasteiger charge is 2.25. The Labute approximate surface area is 203 Å². The van der Waals surface area contributed by atoms with Crippen LogP contribution in [-0.2, 0) is 0 Å². The molecule has 0 bridgehead atoms. The van der Waals surface area contributed by atoms with Gasteiger partial charge >= 0.3 is 0 Å². The van der Waals surface area contributed by atoms with Crippen molar-refractivity contribution in [1.29, 1.82) is 0 Å². The van der Waals surface area contributed by atoms with E-state index < -0.39 is 0 Å². The lowest BCUT2D eigenvalue weighted by Crippen LogP contribution is -2.12. The number of allylic oxidation sites excluding steroid dienone is 1. The molecule has 1 unspecified atom stereocenters. The summed E-state index contributed by atoms with van der Waals surface area (Å²) in [5, 5.41) is 16.4. The Morgan fingerprint density at radius 1 is 1.26 bits per heavy atom. The van der Waals surface area contributed by atoms with Gasteiger partial charge in [-0.15, -0.1) is 0 Å². The van der Waals surface area contributed by atoms with Gasteiger partial charge in [-0.05, 0) is 62.6 Å². The maximum absolute atomic E-state index is 10.4. The van der Waals surface area contributed by atoms with Crippen molar-refractivity contribution < 1.29 is 9.84 Å². The first kappa shape index (κ1) is 23.5. The summed E-state index contributed by atoms with van der Waals surface area (Å²) in [6.45, 7) is 7.78. The molecule has 176 valence electrons. The third-order valence-electron chi connectivity index (χ3n) is 5.93. The van der Waals surface area contributed by atoms with Crippen LogP contribution in [0.3, 0.4) is 0 Å². The zero-order chi connectivity index (χ0) is 24.6. The second-order valence-corrected chi connectivity index (χ2v) is 8.48. The van der Waals surface area contributed by atoms with Gasteiger partial charge < -0.3 is 15.6 Å². The first-order valence-corrected chi connectivity index (χ1v) is 11.3. The Kier molecular flexibility index (Phi) is 6.43. The summed E-state index contributed by atoms with van der Waals surface area (Å²) in [6.07, 6.45) is 5.52. The van der Waals surface area contributed by atoms with Crippen molar-refractivity contribution in [2.24, 2.45) is 0 Å². The predicted octanol–water partition coefficient (Wildman–Crippen LogP) is 5.67. The lowest BCUT2D eigenvalue weighted by molar-refractivity contribution is 0.402. The molecule has 0 saturated carbocycles. The summed E-state index contributed by atoms with van der Waals surface area (Å²) >= 11 is 6.72. The molecule has 4 rings (SSSR count). The standard InChI is InChI=1S/C25H27ClN6O2/c1-6-7-20(33)19-10-16(8-9-28-19)21-13(2)18(26)11-17(23(21)34-5)15(4)32-25-22(14(3)31-32)24(27)29-12-30-25/h7-12,15,33H,6H2,1-5H3,(H2,27,29,30)/b20-7+. The molecule has 4 aromatic rings. The molecule has 3 heterocycles. The molecule has 0 spiro atoms. The number of halogens is 1. The fourth-order valence-corrected chi connectivity index (χ4v) is 4.43. The van der Waals surface area contributed by atoms with E-state index in [4.69, 9.17) is 27.2 Å². The smallest absolute Gasteiger partial charge is 0.164 e. The van der Waals surface area contributed by atoms with Gasteiger partial charge in [0.1, 0.15) is 29.3 Å². The minimum absolute atomic E-state index is 0.132. The molecule has 0 radical (unpaired) electrons. The van der Waals surface area contributed by atoms with Crippen LogP contribution >= 0.6 is 11.6 Å². The molecule has 8 nitrogen and oxygen atoms in total. The molecule has 9 heteroatoms. The number of benzene rings is 1. The lowest BCUT2D eigenvalue weighted by atomic mass is 9.93. The molecular weight excluding hydrogens is 452 g/mol. The molecule has 0 saturated heterocycles. The van der Waals surface area contributed by atoms with Gasteiger partial charge in [0.15, 0.2) is 5.65 Å². The Morgan fingerprint density at radius 3 is 2.74 bits per heavy atom. The highest BCUT2D eigenvalue weighted by molar-refractivity contribution is 6.32. The fourth-order valence-electron chi connectivity index (χ4n) is 4.22. The fraction of sp³-hybridized carbons (Fsp3) is 0.280. The van der Waals surface area contributed by atoms with Gasteiger partial charge in [0.05, 0.1) is 24.2 Å². The molecule has 0 fully saturated rings. The maximum Gasteiger partial charge on any atom is 0.164 e.